The summed E-state index contributed by atoms with van der Waals surface area (Å²) < 4.78 is 58.3. The zero-order valence-electron chi connectivity index (χ0n) is 17.3. The second kappa shape index (κ2) is 7.91. The van der Waals surface area contributed by atoms with Crippen LogP contribution in [0.1, 0.15) is 34.6 Å². The van der Waals surface area contributed by atoms with Gasteiger partial charge in [0.25, 0.3) is 5.91 Å². The summed E-state index contributed by atoms with van der Waals surface area (Å²) in [5.41, 5.74) is 0.949. The number of carbonyl (C=O) groups is 1. The molecule has 2 aliphatic rings. The Labute approximate surface area is 186 Å². The average molecular weight is 460 g/mol. The molecule has 0 bridgehead atoms. The van der Waals surface area contributed by atoms with Gasteiger partial charge in [0.15, 0.2) is 23.2 Å². The number of anilines is 2. The molecule has 0 aliphatic carbocycles. The van der Waals surface area contributed by atoms with Gasteiger partial charge in [-0.1, -0.05) is 6.07 Å². The highest BCUT2D eigenvalue weighted by Crippen LogP contribution is 2.45. The van der Waals surface area contributed by atoms with Crippen molar-refractivity contribution in [2.45, 2.75) is 24.7 Å². The third kappa shape index (κ3) is 4.01. The van der Waals surface area contributed by atoms with E-state index in [9.17, 15) is 18.0 Å². The molecule has 8 nitrogen and oxygen atoms in total. The minimum atomic E-state index is -4.55. The van der Waals surface area contributed by atoms with E-state index in [-0.39, 0.29) is 24.7 Å². The van der Waals surface area contributed by atoms with E-state index < -0.39 is 24.2 Å². The summed E-state index contributed by atoms with van der Waals surface area (Å²) in [6, 6.07) is 10.4. The lowest BCUT2D eigenvalue weighted by Crippen LogP contribution is -2.35. The number of carbonyl (C=O) groups excluding carboxylic acids is 1. The van der Waals surface area contributed by atoms with Crippen molar-refractivity contribution in [3.63, 3.8) is 0 Å². The van der Waals surface area contributed by atoms with Gasteiger partial charge < -0.3 is 24.8 Å². The second-order valence-corrected chi connectivity index (χ2v) is 7.64. The summed E-state index contributed by atoms with van der Waals surface area (Å²) >= 11 is 0. The Bertz CT molecular complexity index is 1190. The number of methoxy groups -OCH3 is 1. The van der Waals surface area contributed by atoms with Crippen molar-refractivity contribution in [2.75, 3.05) is 24.5 Å². The van der Waals surface area contributed by atoms with Crippen molar-refractivity contribution in [2.24, 2.45) is 0 Å². The molecule has 2 N–H and O–H groups in total. The molecule has 1 amide bonds. The lowest BCUT2D eigenvalue weighted by atomic mass is 9.96. The van der Waals surface area contributed by atoms with Crippen LogP contribution in [0.25, 0.3) is 0 Å². The largest absolute Gasteiger partial charge is 0.497 e. The Morgan fingerprint density at radius 2 is 1.91 bits per heavy atom. The number of aromatic nitrogens is 2. The molecule has 11 heteroatoms. The summed E-state index contributed by atoms with van der Waals surface area (Å²) in [5, 5.41) is 9.67. The van der Waals surface area contributed by atoms with Crippen LogP contribution in [-0.4, -0.2) is 35.8 Å². The number of nitrogens with one attached hydrogen (secondary N) is 2. The third-order valence-electron chi connectivity index (χ3n) is 5.57. The lowest BCUT2D eigenvalue weighted by molar-refractivity contribution is -0.173. The number of ether oxygens (including phenoxy) is 3. The van der Waals surface area contributed by atoms with Crippen LogP contribution < -0.4 is 24.8 Å². The Balaban J connectivity index is 1.42. The summed E-state index contributed by atoms with van der Waals surface area (Å²) in [6.07, 6.45) is -4.85. The standard InChI is InChI=1S/C22H19F3N4O4/c1-31-14-5-3-13(4-6-14)26-21(30)16-10-20-27-15(9-19(22(23,24)25)29(20)28-16)12-2-7-17-18(8-12)33-11-32-17/h2-8,10,15,19,27H,9,11H2,1H3,(H,26,30). The predicted molar refractivity (Wildman–Crippen MR) is 112 cm³/mol. The molecule has 3 heterocycles. The number of benzene rings is 2. The van der Waals surface area contributed by atoms with Gasteiger partial charge in [0, 0.05) is 18.2 Å². The molecule has 0 saturated carbocycles. The number of hydrogen-bond acceptors (Lipinski definition) is 6. The van der Waals surface area contributed by atoms with E-state index in [1.165, 1.54) is 13.2 Å². The topological polar surface area (TPSA) is 86.6 Å². The normalized spacial score (nSPS) is 18.9. The zero-order valence-corrected chi connectivity index (χ0v) is 17.3. The fourth-order valence-electron chi connectivity index (χ4n) is 3.90. The van der Waals surface area contributed by atoms with E-state index in [4.69, 9.17) is 14.2 Å². The Morgan fingerprint density at radius 1 is 1.15 bits per heavy atom. The maximum absolute atomic E-state index is 13.9. The number of fused-ring (bicyclic) bond motifs is 2. The van der Waals surface area contributed by atoms with Crippen molar-refractivity contribution in [3.8, 4) is 17.2 Å². The van der Waals surface area contributed by atoms with Crippen LogP contribution in [0.3, 0.4) is 0 Å². The van der Waals surface area contributed by atoms with E-state index in [1.807, 2.05) is 0 Å². The van der Waals surface area contributed by atoms with Gasteiger partial charge in [0.1, 0.15) is 11.6 Å². The van der Waals surface area contributed by atoms with Crippen molar-refractivity contribution in [3.05, 3.63) is 59.8 Å². The van der Waals surface area contributed by atoms with Crippen LogP contribution in [-0.2, 0) is 0 Å². The zero-order chi connectivity index (χ0) is 23.2. The maximum atomic E-state index is 13.9. The molecule has 0 spiro atoms. The smallest absolute Gasteiger partial charge is 0.410 e. The third-order valence-corrected chi connectivity index (χ3v) is 5.57. The molecule has 33 heavy (non-hydrogen) atoms. The number of rotatable bonds is 4. The molecule has 2 unspecified atom stereocenters. The van der Waals surface area contributed by atoms with Gasteiger partial charge in [-0.25, -0.2) is 4.68 Å². The first-order valence-electron chi connectivity index (χ1n) is 10.1. The highest BCUT2D eigenvalue weighted by Gasteiger charge is 2.47. The number of amides is 1. The van der Waals surface area contributed by atoms with Gasteiger partial charge in [0.05, 0.1) is 13.2 Å². The number of halogens is 3. The predicted octanol–water partition coefficient (Wildman–Crippen LogP) is 4.53. The monoisotopic (exact) mass is 460 g/mol. The number of hydrogen-bond donors (Lipinski definition) is 2. The van der Waals surface area contributed by atoms with E-state index in [0.29, 0.717) is 28.5 Å². The maximum Gasteiger partial charge on any atom is 0.410 e. The van der Waals surface area contributed by atoms with E-state index in [1.54, 1.807) is 42.5 Å². The number of alkyl halides is 3. The molecule has 2 aliphatic heterocycles. The van der Waals surface area contributed by atoms with Crippen LogP contribution in [0.15, 0.2) is 48.5 Å². The van der Waals surface area contributed by atoms with Gasteiger partial charge in [-0.2, -0.15) is 18.3 Å². The van der Waals surface area contributed by atoms with E-state index >= 15 is 0 Å². The minimum Gasteiger partial charge on any atom is -0.497 e. The quantitative estimate of drug-likeness (QED) is 0.595. The summed E-state index contributed by atoms with van der Waals surface area (Å²) in [7, 11) is 1.52. The summed E-state index contributed by atoms with van der Waals surface area (Å²) in [6.45, 7) is 0.0709. The van der Waals surface area contributed by atoms with Crippen LogP contribution in [0.4, 0.5) is 24.7 Å². The minimum absolute atomic E-state index is 0.0709. The highest BCUT2D eigenvalue weighted by molar-refractivity contribution is 6.03. The highest BCUT2D eigenvalue weighted by atomic mass is 19.4. The number of nitrogens with zero attached hydrogens (tertiary/aromatic N) is 2. The first-order chi connectivity index (χ1) is 15.8. The molecule has 0 fully saturated rings. The molecule has 1 aromatic heterocycles. The van der Waals surface area contributed by atoms with Crippen molar-refractivity contribution in [1.29, 1.82) is 0 Å². The van der Waals surface area contributed by atoms with Crippen molar-refractivity contribution in [1.82, 2.24) is 9.78 Å². The molecule has 0 saturated heterocycles. The molecule has 3 aromatic rings. The van der Waals surface area contributed by atoms with Crippen molar-refractivity contribution < 1.29 is 32.2 Å². The molecule has 2 atom stereocenters. The molecule has 0 radical (unpaired) electrons. The van der Waals surface area contributed by atoms with Crippen LogP contribution in [0, 0.1) is 0 Å². The Hall–Kier alpha value is -3.89. The fraction of sp³-hybridized carbons (Fsp3) is 0.273. The van der Waals surface area contributed by atoms with Gasteiger partial charge in [-0.3, -0.25) is 4.79 Å². The summed E-state index contributed by atoms with van der Waals surface area (Å²) in [4.78, 5) is 12.7. The average Bonchev–Trinajstić information content (AvgIpc) is 3.44. The summed E-state index contributed by atoms with van der Waals surface area (Å²) in [5.74, 6) is 1.12. The lowest BCUT2D eigenvalue weighted by Gasteiger charge is -2.33. The fourth-order valence-corrected chi connectivity index (χ4v) is 3.90. The second-order valence-electron chi connectivity index (χ2n) is 7.64. The SMILES string of the molecule is COc1ccc(NC(=O)c2cc3n(n2)C(C(F)(F)F)CC(c2ccc4c(c2)OCO4)N3)cc1. The Morgan fingerprint density at radius 3 is 2.64 bits per heavy atom. The van der Waals surface area contributed by atoms with Gasteiger partial charge in [-0.15, -0.1) is 0 Å². The Kier molecular flexibility index (Phi) is 5.03. The van der Waals surface area contributed by atoms with Crippen LogP contribution in [0.2, 0.25) is 0 Å². The molecule has 5 rings (SSSR count). The van der Waals surface area contributed by atoms with Crippen LogP contribution >= 0.6 is 0 Å². The van der Waals surface area contributed by atoms with Gasteiger partial charge in [-0.05, 0) is 42.0 Å². The van der Waals surface area contributed by atoms with Gasteiger partial charge in [0.2, 0.25) is 6.79 Å². The molecule has 172 valence electrons. The van der Waals surface area contributed by atoms with E-state index in [0.717, 1.165) is 4.68 Å². The van der Waals surface area contributed by atoms with Crippen LogP contribution in [0.5, 0.6) is 17.2 Å². The van der Waals surface area contributed by atoms with Crippen molar-refractivity contribution >= 4 is 17.4 Å². The van der Waals surface area contributed by atoms with Gasteiger partial charge >= 0.3 is 6.18 Å². The molecule has 2 aromatic carbocycles. The first-order valence-corrected chi connectivity index (χ1v) is 10.1. The van der Waals surface area contributed by atoms with E-state index in [2.05, 4.69) is 15.7 Å². The first kappa shape index (κ1) is 21.0. The molecular formula is C22H19F3N4O4. The molecular weight excluding hydrogens is 441 g/mol.